The van der Waals surface area contributed by atoms with Gasteiger partial charge in [-0.05, 0) is 60.9 Å². The Morgan fingerprint density at radius 1 is 1.16 bits per heavy atom. The van der Waals surface area contributed by atoms with Gasteiger partial charge in [0.1, 0.15) is 0 Å². The average molecular weight is 337 g/mol. The van der Waals surface area contributed by atoms with Crippen molar-refractivity contribution in [1.82, 2.24) is 34.9 Å². The molecule has 0 spiro atoms. The van der Waals surface area contributed by atoms with Crippen molar-refractivity contribution in [2.75, 3.05) is 6.54 Å². The topological polar surface area (TPSA) is 64.7 Å². The Morgan fingerprint density at radius 3 is 2.76 bits per heavy atom. The Bertz CT molecular complexity index is 817. The number of benzene rings is 1. The number of rotatable bonds is 5. The van der Waals surface area contributed by atoms with E-state index in [4.69, 9.17) is 0 Å². The molecule has 3 aromatic rings. The van der Waals surface area contributed by atoms with E-state index in [1.807, 2.05) is 27.8 Å². The maximum atomic E-state index is 4.34. The predicted octanol–water partition coefficient (Wildman–Crippen LogP) is 2.14. The molecule has 0 saturated carbocycles. The number of aryl methyl sites for hydroxylation is 2. The summed E-state index contributed by atoms with van der Waals surface area (Å²) in [5.41, 5.74) is 3.46. The van der Waals surface area contributed by atoms with Crippen LogP contribution in [0.15, 0.2) is 36.7 Å². The van der Waals surface area contributed by atoms with Crippen molar-refractivity contribution in [3.8, 4) is 5.69 Å². The summed E-state index contributed by atoms with van der Waals surface area (Å²) in [7, 11) is 0. The Kier molecular flexibility index (Phi) is 4.31. The van der Waals surface area contributed by atoms with E-state index in [1.54, 1.807) is 0 Å². The van der Waals surface area contributed by atoms with E-state index in [0.29, 0.717) is 6.04 Å². The van der Waals surface area contributed by atoms with E-state index in [9.17, 15) is 0 Å². The van der Waals surface area contributed by atoms with Crippen LogP contribution >= 0.6 is 0 Å². The van der Waals surface area contributed by atoms with E-state index < -0.39 is 0 Å². The molecule has 25 heavy (non-hydrogen) atoms. The highest BCUT2D eigenvalue weighted by Crippen LogP contribution is 2.23. The van der Waals surface area contributed by atoms with Crippen LogP contribution in [0.3, 0.4) is 0 Å². The van der Waals surface area contributed by atoms with Crippen LogP contribution in [0.1, 0.15) is 29.8 Å². The van der Waals surface area contributed by atoms with Gasteiger partial charge in [0.05, 0.1) is 18.8 Å². The van der Waals surface area contributed by atoms with Crippen molar-refractivity contribution in [3.05, 3.63) is 53.6 Å². The molecule has 2 aromatic heterocycles. The van der Waals surface area contributed by atoms with Gasteiger partial charge in [-0.3, -0.25) is 9.58 Å². The third-order valence-electron chi connectivity index (χ3n) is 4.99. The summed E-state index contributed by atoms with van der Waals surface area (Å²) in [5.74, 6) is 0.893. The van der Waals surface area contributed by atoms with Gasteiger partial charge in [-0.1, -0.05) is 18.2 Å². The van der Waals surface area contributed by atoms with Crippen LogP contribution in [-0.4, -0.2) is 47.5 Å². The predicted molar refractivity (Wildman–Crippen MR) is 94.3 cm³/mol. The second kappa shape index (κ2) is 6.76. The molecule has 0 amide bonds. The van der Waals surface area contributed by atoms with Crippen LogP contribution < -0.4 is 0 Å². The molecule has 1 saturated heterocycles. The van der Waals surface area contributed by atoms with E-state index in [-0.39, 0.29) is 0 Å². The van der Waals surface area contributed by atoms with Gasteiger partial charge < -0.3 is 0 Å². The number of hydrogen-bond acceptors (Lipinski definition) is 5. The molecule has 1 atom stereocenters. The van der Waals surface area contributed by atoms with Crippen LogP contribution in [0.4, 0.5) is 0 Å². The molecule has 7 heteroatoms. The van der Waals surface area contributed by atoms with Crippen LogP contribution in [0, 0.1) is 13.8 Å². The van der Waals surface area contributed by atoms with Crippen LogP contribution in [-0.2, 0) is 13.1 Å². The van der Waals surface area contributed by atoms with E-state index in [0.717, 1.165) is 31.1 Å². The highest BCUT2D eigenvalue weighted by atomic mass is 15.6. The van der Waals surface area contributed by atoms with E-state index >= 15 is 0 Å². The van der Waals surface area contributed by atoms with Crippen molar-refractivity contribution >= 4 is 0 Å². The second-order valence-corrected chi connectivity index (χ2v) is 6.74. The Morgan fingerprint density at radius 2 is 2.00 bits per heavy atom. The summed E-state index contributed by atoms with van der Waals surface area (Å²) >= 11 is 0. The van der Waals surface area contributed by atoms with Gasteiger partial charge in [-0.2, -0.15) is 9.78 Å². The van der Waals surface area contributed by atoms with Gasteiger partial charge in [0.2, 0.25) is 0 Å². The first-order valence-electron chi connectivity index (χ1n) is 8.77. The third kappa shape index (κ3) is 3.19. The Hall–Kier alpha value is -2.54. The van der Waals surface area contributed by atoms with Crippen LogP contribution in [0.25, 0.3) is 5.69 Å². The molecule has 1 aliphatic rings. The molecule has 0 radical (unpaired) electrons. The number of hydrogen-bond donors (Lipinski definition) is 0. The van der Waals surface area contributed by atoms with Crippen molar-refractivity contribution in [2.45, 2.75) is 45.8 Å². The molecule has 1 aliphatic heterocycles. The van der Waals surface area contributed by atoms with Crippen molar-refractivity contribution in [1.29, 1.82) is 0 Å². The molecule has 0 unspecified atom stereocenters. The number of nitrogens with zero attached hydrogens (tertiary/aromatic N) is 7. The summed E-state index contributed by atoms with van der Waals surface area (Å²) in [6, 6.07) is 8.72. The quantitative estimate of drug-likeness (QED) is 0.714. The maximum absolute atomic E-state index is 4.34. The first kappa shape index (κ1) is 16.0. The molecule has 0 bridgehead atoms. The normalized spacial score (nSPS) is 18.1. The minimum Gasteiger partial charge on any atom is -0.291 e. The van der Waals surface area contributed by atoms with E-state index in [2.05, 4.69) is 57.6 Å². The minimum atomic E-state index is 0.475. The lowest BCUT2D eigenvalue weighted by Crippen LogP contribution is -2.33. The van der Waals surface area contributed by atoms with Gasteiger partial charge in [0, 0.05) is 18.4 Å². The zero-order valence-electron chi connectivity index (χ0n) is 14.7. The van der Waals surface area contributed by atoms with Crippen molar-refractivity contribution in [2.24, 2.45) is 0 Å². The number of para-hydroxylation sites is 1. The number of likely N-dealkylation sites (tertiary alicyclic amines) is 1. The molecule has 4 rings (SSSR count). The summed E-state index contributed by atoms with van der Waals surface area (Å²) < 4.78 is 3.91. The standard InChI is InChI=1S/C18H23N7/c1-14-6-3-7-15(2)18(14)25-17(20-21-22-25)13-23-10-4-8-16(23)12-24-11-5-9-19-24/h3,5-7,9,11,16H,4,8,10,12-13H2,1-2H3/t16-/m0/s1. The van der Waals surface area contributed by atoms with Gasteiger partial charge in [-0.15, -0.1) is 5.10 Å². The van der Waals surface area contributed by atoms with Crippen molar-refractivity contribution in [3.63, 3.8) is 0 Å². The zero-order valence-corrected chi connectivity index (χ0v) is 14.7. The number of aromatic nitrogens is 6. The fourth-order valence-corrected chi connectivity index (χ4v) is 3.73. The molecule has 130 valence electrons. The molecule has 3 heterocycles. The van der Waals surface area contributed by atoms with Crippen LogP contribution in [0.2, 0.25) is 0 Å². The molecule has 0 aliphatic carbocycles. The molecule has 0 N–H and O–H groups in total. The molecule has 1 aromatic carbocycles. The largest absolute Gasteiger partial charge is 0.291 e. The first-order chi connectivity index (χ1) is 12.2. The first-order valence-corrected chi connectivity index (χ1v) is 8.77. The summed E-state index contributed by atoms with van der Waals surface area (Å²) in [6.07, 6.45) is 6.25. The molecular weight excluding hydrogens is 314 g/mol. The summed E-state index contributed by atoms with van der Waals surface area (Å²) in [5, 5.41) is 16.9. The molecule has 1 fully saturated rings. The summed E-state index contributed by atoms with van der Waals surface area (Å²) in [6.45, 7) is 6.95. The lowest BCUT2D eigenvalue weighted by molar-refractivity contribution is 0.212. The maximum Gasteiger partial charge on any atom is 0.170 e. The molecule has 7 nitrogen and oxygen atoms in total. The zero-order chi connectivity index (χ0) is 17.2. The number of tetrazole rings is 1. The highest BCUT2D eigenvalue weighted by molar-refractivity contribution is 5.46. The van der Waals surface area contributed by atoms with Crippen LogP contribution in [0.5, 0.6) is 0 Å². The monoisotopic (exact) mass is 337 g/mol. The molecular formula is C18H23N7. The SMILES string of the molecule is Cc1cccc(C)c1-n1nnnc1CN1CCC[C@H]1Cn1cccn1. The van der Waals surface area contributed by atoms with Gasteiger partial charge in [0.15, 0.2) is 5.82 Å². The van der Waals surface area contributed by atoms with Crippen molar-refractivity contribution < 1.29 is 0 Å². The second-order valence-electron chi connectivity index (χ2n) is 6.74. The summed E-state index contributed by atoms with van der Waals surface area (Å²) in [4.78, 5) is 2.47. The van der Waals surface area contributed by atoms with Gasteiger partial charge in [-0.25, -0.2) is 0 Å². The van der Waals surface area contributed by atoms with Gasteiger partial charge >= 0.3 is 0 Å². The van der Waals surface area contributed by atoms with Gasteiger partial charge in [0.25, 0.3) is 0 Å². The van der Waals surface area contributed by atoms with E-state index in [1.165, 1.54) is 24.0 Å². The lowest BCUT2D eigenvalue weighted by Gasteiger charge is -2.24. The lowest BCUT2D eigenvalue weighted by atomic mass is 10.1. The third-order valence-corrected chi connectivity index (χ3v) is 4.99. The smallest absolute Gasteiger partial charge is 0.170 e. The Labute approximate surface area is 147 Å². The average Bonchev–Trinajstić information content (AvgIpc) is 3.32. The fraction of sp³-hybridized carbons (Fsp3) is 0.444. The fourth-order valence-electron chi connectivity index (χ4n) is 3.73. The Balaban J connectivity index is 1.56. The highest BCUT2D eigenvalue weighted by Gasteiger charge is 2.27. The minimum absolute atomic E-state index is 0.475.